The first kappa shape index (κ1) is 29.6. The third kappa shape index (κ3) is 28.6. The Morgan fingerprint density at radius 3 is 1.28 bits per heavy atom. The zero-order valence-corrected chi connectivity index (χ0v) is 22.1. The van der Waals surface area contributed by atoms with Crippen molar-refractivity contribution in [2.24, 2.45) is 0 Å². The van der Waals surface area contributed by atoms with Gasteiger partial charge in [0, 0.05) is 37.8 Å². The largest absolute Gasteiger partial charge is 0.376 e. The number of hydrogen-bond donors (Lipinski definition) is 1. The molecule has 5 heteroatoms. The molecule has 0 aromatic carbocycles. The van der Waals surface area contributed by atoms with Gasteiger partial charge in [-0.3, -0.25) is 0 Å². The van der Waals surface area contributed by atoms with Crippen molar-refractivity contribution in [3.8, 4) is 0 Å². The Balaban J connectivity index is 3.07. The molecule has 176 valence electrons. The fourth-order valence-electron chi connectivity index (χ4n) is 2.69. The van der Waals surface area contributed by atoms with Crippen LogP contribution in [0.25, 0.3) is 0 Å². The first-order chi connectivity index (χ1) is 13.7. The molecule has 0 unspecified atom stereocenters. The fraction of sp³-hybridized carbons (Fsp3) is 1.00. The van der Waals surface area contributed by atoms with E-state index in [0.29, 0.717) is 0 Å². The molecule has 0 fully saturated rings. The van der Waals surface area contributed by atoms with Crippen LogP contribution in [0.1, 0.15) is 92.9 Å². The van der Waals surface area contributed by atoms with Gasteiger partial charge in [-0.2, -0.15) is 23.5 Å². The lowest BCUT2D eigenvalue weighted by Crippen LogP contribution is -2.20. The zero-order chi connectivity index (χ0) is 21.8. The van der Waals surface area contributed by atoms with E-state index >= 15 is 0 Å². The predicted molar refractivity (Wildman–Crippen MR) is 136 cm³/mol. The van der Waals surface area contributed by atoms with E-state index < -0.39 is 0 Å². The average molecular weight is 450 g/mol. The number of thioether (sulfide) groups is 2. The van der Waals surface area contributed by atoms with E-state index in [2.05, 4.69) is 70.4 Å². The van der Waals surface area contributed by atoms with Crippen molar-refractivity contribution in [3.63, 3.8) is 0 Å². The fourth-order valence-corrected chi connectivity index (χ4v) is 4.50. The molecule has 0 rings (SSSR count). The molecule has 0 amide bonds. The molecule has 0 aromatic heterocycles. The Labute approximate surface area is 191 Å². The number of rotatable bonds is 20. The van der Waals surface area contributed by atoms with Gasteiger partial charge in [0.1, 0.15) is 0 Å². The minimum atomic E-state index is 0.0168. The molecule has 0 aliphatic carbocycles. The maximum atomic E-state index is 5.75. The minimum Gasteiger partial charge on any atom is -0.376 e. The highest BCUT2D eigenvalue weighted by atomic mass is 32.2. The highest BCUT2D eigenvalue weighted by Gasteiger charge is 2.09. The zero-order valence-electron chi connectivity index (χ0n) is 20.4. The highest BCUT2D eigenvalue weighted by molar-refractivity contribution is 7.99. The molecular weight excluding hydrogens is 398 g/mol. The Bertz CT molecular complexity index is 309. The Kier molecular flexibility index (Phi) is 19.7. The highest BCUT2D eigenvalue weighted by Crippen LogP contribution is 2.12. The topological polar surface area (TPSA) is 30.5 Å². The first-order valence-electron chi connectivity index (χ1n) is 11.8. The molecule has 0 radical (unpaired) electrons. The van der Waals surface area contributed by atoms with Crippen LogP contribution in [0.5, 0.6) is 0 Å². The molecule has 0 aliphatic rings. The number of unbranched alkanes of at least 4 members (excludes halogenated alkanes) is 6. The van der Waals surface area contributed by atoms with Crippen molar-refractivity contribution in [3.05, 3.63) is 0 Å². The summed E-state index contributed by atoms with van der Waals surface area (Å²) < 4.78 is 11.5. The molecule has 29 heavy (non-hydrogen) atoms. The van der Waals surface area contributed by atoms with E-state index in [1.54, 1.807) is 0 Å². The van der Waals surface area contributed by atoms with Crippen molar-refractivity contribution in [1.29, 1.82) is 0 Å². The Hall–Kier alpha value is 0.580. The lowest BCUT2D eigenvalue weighted by Gasteiger charge is -2.19. The summed E-state index contributed by atoms with van der Waals surface area (Å²) in [4.78, 5) is 0. The normalized spacial score (nSPS) is 12.6. The molecule has 0 bridgehead atoms. The van der Waals surface area contributed by atoms with Crippen LogP contribution >= 0.6 is 23.5 Å². The molecule has 0 spiro atoms. The number of hydrogen-bond acceptors (Lipinski definition) is 5. The van der Waals surface area contributed by atoms with Gasteiger partial charge in [-0.1, -0.05) is 25.7 Å². The molecule has 1 N–H and O–H groups in total. The van der Waals surface area contributed by atoms with Crippen LogP contribution in [-0.2, 0) is 9.47 Å². The van der Waals surface area contributed by atoms with Gasteiger partial charge >= 0.3 is 0 Å². The minimum absolute atomic E-state index is 0.0168. The summed E-state index contributed by atoms with van der Waals surface area (Å²) in [5.41, 5.74) is 0.0336. The first-order valence-corrected chi connectivity index (χ1v) is 14.2. The van der Waals surface area contributed by atoms with E-state index in [1.807, 2.05) is 0 Å². The van der Waals surface area contributed by atoms with Crippen LogP contribution in [0.4, 0.5) is 0 Å². The van der Waals surface area contributed by atoms with Crippen LogP contribution in [0.15, 0.2) is 0 Å². The second-order valence-corrected chi connectivity index (χ2v) is 12.2. The maximum absolute atomic E-state index is 5.75. The van der Waals surface area contributed by atoms with Crippen molar-refractivity contribution < 1.29 is 9.47 Å². The SMILES string of the molecule is CC(C)(C)OCCCCCCSCCNCCSCCCCCCOC(C)(C)C. The molecular formula is C24H51NO2S2. The molecule has 3 nitrogen and oxygen atoms in total. The summed E-state index contributed by atoms with van der Waals surface area (Å²) in [6.45, 7) is 16.9. The van der Waals surface area contributed by atoms with Crippen molar-refractivity contribution in [2.75, 3.05) is 49.3 Å². The van der Waals surface area contributed by atoms with Gasteiger partial charge in [0.2, 0.25) is 0 Å². The second kappa shape index (κ2) is 19.3. The van der Waals surface area contributed by atoms with Gasteiger partial charge in [0.25, 0.3) is 0 Å². The van der Waals surface area contributed by atoms with Crippen LogP contribution in [0, 0.1) is 0 Å². The summed E-state index contributed by atoms with van der Waals surface area (Å²) in [6, 6.07) is 0. The monoisotopic (exact) mass is 449 g/mol. The summed E-state index contributed by atoms with van der Waals surface area (Å²) in [7, 11) is 0. The van der Waals surface area contributed by atoms with Gasteiger partial charge in [-0.15, -0.1) is 0 Å². The van der Waals surface area contributed by atoms with Gasteiger partial charge in [-0.05, 0) is 78.7 Å². The van der Waals surface area contributed by atoms with Gasteiger partial charge < -0.3 is 14.8 Å². The lowest BCUT2D eigenvalue weighted by atomic mass is 10.2. The third-order valence-electron chi connectivity index (χ3n) is 4.28. The Morgan fingerprint density at radius 2 is 0.897 bits per heavy atom. The predicted octanol–water partition coefficient (Wildman–Crippen LogP) is 6.79. The summed E-state index contributed by atoms with van der Waals surface area (Å²) in [6.07, 6.45) is 10.4. The van der Waals surface area contributed by atoms with Crippen LogP contribution in [0.3, 0.4) is 0 Å². The smallest absolute Gasteiger partial charge is 0.0598 e. The van der Waals surface area contributed by atoms with Gasteiger partial charge in [0.15, 0.2) is 0 Å². The van der Waals surface area contributed by atoms with Crippen LogP contribution < -0.4 is 5.32 Å². The lowest BCUT2D eigenvalue weighted by molar-refractivity contribution is -0.00507. The summed E-state index contributed by atoms with van der Waals surface area (Å²) >= 11 is 4.19. The van der Waals surface area contributed by atoms with E-state index in [0.717, 1.165) is 26.3 Å². The average Bonchev–Trinajstić information content (AvgIpc) is 2.61. The molecule has 0 aliphatic heterocycles. The van der Waals surface area contributed by atoms with Crippen molar-refractivity contribution in [2.45, 2.75) is 104 Å². The molecule has 0 aromatic rings. The molecule has 0 saturated heterocycles. The maximum Gasteiger partial charge on any atom is 0.0598 e. The van der Waals surface area contributed by atoms with E-state index in [1.165, 1.54) is 74.4 Å². The third-order valence-corrected chi connectivity index (χ3v) is 6.42. The summed E-state index contributed by atoms with van der Waals surface area (Å²) in [5, 5.41) is 3.58. The second-order valence-electron chi connectivity index (χ2n) is 9.72. The quantitative estimate of drug-likeness (QED) is 0.207. The standard InChI is InChI=1S/C24H51NO2S2/c1-23(2,3)26-17-11-7-9-13-19-28-21-15-25-16-22-29-20-14-10-8-12-18-27-24(4,5)6/h25H,7-22H2,1-6H3. The van der Waals surface area contributed by atoms with Gasteiger partial charge in [-0.25, -0.2) is 0 Å². The number of nitrogens with one attached hydrogen (secondary N) is 1. The van der Waals surface area contributed by atoms with Crippen LogP contribution in [-0.4, -0.2) is 60.5 Å². The van der Waals surface area contributed by atoms with E-state index in [-0.39, 0.29) is 11.2 Å². The molecule has 0 heterocycles. The molecule has 0 atom stereocenters. The molecule has 0 saturated carbocycles. The van der Waals surface area contributed by atoms with E-state index in [9.17, 15) is 0 Å². The Morgan fingerprint density at radius 1 is 0.517 bits per heavy atom. The van der Waals surface area contributed by atoms with Gasteiger partial charge in [0.05, 0.1) is 11.2 Å². The van der Waals surface area contributed by atoms with E-state index in [4.69, 9.17) is 9.47 Å². The summed E-state index contributed by atoms with van der Waals surface area (Å²) in [5.74, 6) is 5.09. The number of ether oxygens (including phenoxy) is 2. The van der Waals surface area contributed by atoms with Crippen molar-refractivity contribution in [1.82, 2.24) is 5.32 Å². The van der Waals surface area contributed by atoms with Crippen LogP contribution in [0.2, 0.25) is 0 Å². The van der Waals surface area contributed by atoms with Crippen molar-refractivity contribution >= 4 is 23.5 Å².